The molecule has 1 aromatic rings. The molecule has 5 heteroatoms. The Balaban J connectivity index is 2.84. The lowest BCUT2D eigenvalue weighted by Gasteiger charge is -2.04. The van der Waals surface area contributed by atoms with Crippen molar-refractivity contribution in [2.75, 3.05) is 13.2 Å². The number of hydrogen-bond acceptors (Lipinski definition) is 4. The number of aliphatic hydroxyl groups is 1. The van der Waals surface area contributed by atoms with Gasteiger partial charge < -0.3 is 14.9 Å². The molecule has 0 amide bonds. The summed E-state index contributed by atoms with van der Waals surface area (Å²) < 4.78 is 4.91. The smallest absolute Gasteiger partial charge is 0.341 e. The minimum atomic E-state index is -1.10. The number of ether oxygens (including phenoxy) is 1. The van der Waals surface area contributed by atoms with E-state index in [1.165, 1.54) is 18.3 Å². The van der Waals surface area contributed by atoms with Crippen LogP contribution in [0.1, 0.15) is 10.4 Å². The van der Waals surface area contributed by atoms with Crippen molar-refractivity contribution >= 4 is 5.97 Å². The van der Waals surface area contributed by atoms with Gasteiger partial charge in [-0.1, -0.05) is 0 Å². The molecule has 0 fully saturated rings. The van der Waals surface area contributed by atoms with E-state index in [2.05, 4.69) is 4.98 Å². The van der Waals surface area contributed by atoms with Gasteiger partial charge in [-0.3, -0.25) is 0 Å². The minimum absolute atomic E-state index is 0.00375. The molecule has 1 heterocycles. The third-order valence-corrected chi connectivity index (χ3v) is 1.33. The van der Waals surface area contributed by atoms with E-state index in [0.29, 0.717) is 0 Å². The van der Waals surface area contributed by atoms with Crippen LogP contribution < -0.4 is 4.74 Å². The normalized spacial score (nSPS) is 9.62. The van der Waals surface area contributed by atoms with Crippen LogP contribution in [0.15, 0.2) is 18.3 Å². The molecule has 1 aromatic heterocycles. The first-order chi connectivity index (χ1) is 6.25. The molecule has 5 nitrogen and oxygen atoms in total. The van der Waals surface area contributed by atoms with Crippen LogP contribution in [0.2, 0.25) is 0 Å². The third-order valence-electron chi connectivity index (χ3n) is 1.33. The molecule has 0 aliphatic carbocycles. The summed E-state index contributed by atoms with van der Waals surface area (Å²) in [6.45, 7) is -0.132. The number of aromatic carboxylic acids is 1. The van der Waals surface area contributed by atoms with Gasteiger partial charge in [0.25, 0.3) is 0 Å². The average Bonchev–Trinajstić information content (AvgIpc) is 2.15. The number of carboxylic acids is 1. The Morgan fingerprint density at radius 1 is 1.62 bits per heavy atom. The van der Waals surface area contributed by atoms with Gasteiger partial charge in [0.1, 0.15) is 12.2 Å². The fraction of sp³-hybridized carbons (Fsp3) is 0.250. The standard InChI is InChI=1S/C8H9NO4/c10-4-5-13-7-6(8(11)12)2-1-3-9-7/h1-3,10H,4-5H2,(H,11,12). The van der Waals surface area contributed by atoms with E-state index in [-0.39, 0.29) is 24.7 Å². The number of rotatable bonds is 4. The Morgan fingerprint density at radius 2 is 2.38 bits per heavy atom. The summed E-state index contributed by atoms with van der Waals surface area (Å²) >= 11 is 0. The molecule has 2 N–H and O–H groups in total. The van der Waals surface area contributed by atoms with E-state index in [4.69, 9.17) is 14.9 Å². The number of nitrogens with zero attached hydrogens (tertiary/aromatic N) is 1. The predicted molar refractivity (Wildman–Crippen MR) is 43.8 cm³/mol. The zero-order valence-electron chi connectivity index (χ0n) is 6.80. The lowest BCUT2D eigenvalue weighted by atomic mass is 10.3. The van der Waals surface area contributed by atoms with Gasteiger partial charge in [0.2, 0.25) is 5.88 Å². The molecule has 0 radical (unpaired) electrons. The second kappa shape index (κ2) is 4.42. The second-order valence-electron chi connectivity index (χ2n) is 2.23. The van der Waals surface area contributed by atoms with Crippen molar-refractivity contribution in [3.63, 3.8) is 0 Å². The summed E-state index contributed by atoms with van der Waals surface area (Å²) in [5.74, 6) is -1.06. The highest BCUT2D eigenvalue weighted by Crippen LogP contribution is 2.13. The molecular weight excluding hydrogens is 174 g/mol. The van der Waals surface area contributed by atoms with Crippen LogP contribution in [0.25, 0.3) is 0 Å². The predicted octanol–water partition coefficient (Wildman–Crippen LogP) is 0.151. The van der Waals surface area contributed by atoms with E-state index >= 15 is 0 Å². The Bertz CT molecular complexity index is 300. The van der Waals surface area contributed by atoms with Gasteiger partial charge in [-0.25, -0.2) is 9.78 Å². The third kappa shape index (κ3) is 2.41. The van der Waals surface area contributed by atoms with Crippen LogP contribution in [-0.2, 0) is 0 Å². The van der Waals surface area contributed by atoms with E-state index in [1.807, 2.05) is 0 Å². The van der Waals surface area contributed by atoms with Crippen molar-refractivity contribution in [1.82, 2.24) is 4.98 Å². The highest BCUT2D eigenvalue weighted by Gasteiger charge is 2.10. The molecule has 13 heavy (non-hydrogen) atoms. The fourth-order valence-corrected chi connectivity index (χ4v) is 0.811. The zero-order valence-corrected chi connectivity index (χ0v) is 6.80. The molecule has 0 aromatic carbocycles. The molecule has 0 unspecified atom stereocenters. The monoisotopic (exact) mass is 183 g/mol. The van der Waals surface area contributed by atoms with E-state index in [0.717, 1.165) is 0 Å². The zero-order chi connectivity index (χ0) is 9.68. The van der Waals surface area contributed by atoms with E-state index in [9.17, 15) is 4.79 Å². The van der Waals surface area contributed by atoms with Crippen molar-refractivity contribution in [2.45, 2.75) is 0 Å². The van der Waals surface area contributed by atoms with Gasteiger partial charge in [-0.2, -0.15) is 0 Å². The summed E-state index contributed by atoms with van der Waals surface area (Å²) in [6, 6.07) is 2.90. The highest BCUT2D eigenvalue weighted by atomic mass is 16.5. The van der Waals surface area contributed by atoms with Crippen LogP contribution in [0.4, 0.5) is 0 Å². The Morgan fingerprint density at radius 3 is 3.00 bits per heavy atom. The molecule has 1 rings (SSSR count). The topological polar surface area (TPSA) is 79.7 Å². The summed E-state index contributed by atoms with van der Waals surface area (Å²) in [4.78, 5) is 14.3. The number of aliphatic hydroxyl groups excluding tert-OH is 1. The van der Waals surface area contributed by atoms with Crippen LogP contribution in [-0.4, -0.2) is 34.4 Å². The van der Waals surface area contributed by atoms with Crippen LogP contribution >= 0.6 is 0 Å². The van der Waals surface area contributed by atoms with Crippen molar-refractivity contribution in [3.05, 3.63) is 23.9 Å². The summed E-state index contributed by atoms with van der Waals surface area (Å²) in [7, 11) is 0. The van der Waals surface area contributed by atoms with Gasteiger partial charge in [0.15, 0.2) is 0 Å². The van der Waals surface area contributed by atoms with E-state index in [1.54, 1.807) is 0 Å². The molecule has 0 bridgehead atoms. The molecule has 0 saturated carbocycles. The van der Waals surface area contributed by atoms with Crippen molar-refractivity contribution in [3.8, 4) is 5.88 Å². The Labute approximate surface area is 74.6 Å². The molecule has 0 aliphatic rings. The SMILES string of the molecule is O=C(O)c1cccnc1OCCO. The maximum absolute atomic E-state index is 10.6. The number of aromatic nitrogens is 1. The summed E-state index contributed by atoms with van der Waals surface area (Å²) in [5.41, 5.74) is -0.00375. The Kier molecular flexibility index (Phi) is 3.22. The number of carboxylic acid groups (broad SMARTS) is 1. The van der Waals surface area contributed by atoms with Gasteiger partial charge in [0.05, 0.1) is 6.61 Å². The quantitative estimate of drug-likeness (QED) is 0.694. The largest absolute Gasteiger partial charge is 0.477 e. The lowest BCUT2D eigenvalue weighted by Crippen LogP contribution is -2.08. The molecule has 0 aliphatic heterocycles. The van der Waals surface area contributed by atoms with Crippen LogP contribution in [0.3, 0.4) is 0 Å². The lowest BCUT2D eigenvalue weighted by molar-refractivity contribution is 0.0689. The summed E-state index contributed by atoms with van der Waals surface area (Å²) in [5, 5.41) is 17.1. The first-order valence-electron chi connectivity index (χ1n) is 3.67. The molecule has 70 valence electrons. The maximum atomic E-state index is 10.6. The number of pyridine rings is 1. The number of carbonyl (C=O) groups is 1. The van der Waals surface area contributed by atoms with Crippen LogP contribution in [0, 0.1) is 0 Å². The fourth-order valence-electron chi connectivity index (χ4n) is 0.811. The minimum Gasteiger partial charge on any atom is -0.477 e. The first-order valence-corrected chi connectivity index (χ1v) is 3.67. The van der Waals surface area contributed by atoms with Crippen molar-refractivity contribution in [2.24, 2.45) is 0 Å². The van der Waals surface area contributed by atoms with Crippen molar-refractivity contribution in [1.29, 1.82) is 0 Å². The van der Waals surface area contributed by atoms with Gasteiger partial charge >= 0.3 is 5.97 Å². The molecule has 0 spiro atoms. The van der Waals surface area contributed by atoms with Gasteiger partial charge in [-0.05, 0) is 12.1 Å². The van der Waals surface area contributed by atoms with Crippen LogP contribution in [0.5, 0.6) is 5.88 Å². The molecular formula is C8H9NO4. The highest BCUT2D eigenvalue weighted by molar-refractivity contribution is 5.90. The first kappa shape index (κ1) is 9.47. The van der Waals surface area contributed by atoms with Gasteiger partial charge in [-0.15, -0.1) is 0 Å². The summed E-state index contributed by atoms with van der Waals surface area (Å²) in [6.07, 6.45) is 1.43. The van der Waals surface area contributed by atoms with Crippen molar-refractivity contribution < 1.29 is 19.7 Å². The van der Waals surface area contributed by atoms with Gasteiger partial charge in [0, 0.05) is 6.20 Å². The number of hydrogen-bond donors (Lipinski definition) is 2. The van der Waals surface area contributed by atoms with E-state index < -0.39 is 5.97 Å². The molecule has 0 saturated heterocycles. The molecule has 0 atom stereocenters. The second-order valence-corrected chi connectivity index (χ2v) is 2.23. The maximum Gasteiger partial charge on any atom is 0.341 e. The average molecular weight is 183 g/mol. The Hall–Kier alpha value is -1.62.